The number of hydrogen-bond acceptors (Lipinski definition) is 5. The van der Waals surface area contributed by atoms with Gasteiger partial charge in [0.15, 0.2) is 0 Å². The molecule has 0 radical (unpaired) electrons. The van der Waals surface area contributed by atoms with Crippen molar-refractivity contribution in [2.24, 2.45) is 5.73 Å². The first-order valence-electron chi connectivity index (χ1n) is 4.06. The van der Waals surface area contributed by atoms with Gasteiger partial charge in [-0.2, -0.15) is 0 Å². The van der Waals surface area contributed by atoms with E-state index in [1.165, 1.54) is 17.8 Å². The van der Waals surface area contributed by atoms with E-state index in [2.05, 4.69) is 0 Å². The molecule has 1 aromatic carbocycles. The minimum absolute atomic E-state index is 0.0973. The summed E-state index contributed by atoms with van der Waals surface area (Å²) >= 11 is 6.89. The molecule has 3 N–H and O–H groups in total. The summed E-state index contributed by atoms with van der Waals surface area (Å²) in [6.07, 6.45) is 0. The predicted molar refractivity (Wildman–Crippen MR) is 59.5 cm³/mol. The number of rotatable bonds is 4. The summed E-state index contributed by atoms with van der Waals surface area (Å²) in [5.41, 5.74) is 5.14. The quantitative estimate of drug-likeness (QED) is 0.483. The summed E-state index contributed by atoms with van der Waals surface area (Å²) in [6, 6.07) is 2.41. The van der Waals surface area contributed by atoms with Gasteiger partial charge in [0.1, 0.15) is 5.75 Å². The Morgan fingerprint density at radius 3 is 2.80 bits per heavy atom. The maximum Gasteiger partial charge on any atom is 0.286 e. The molecule has 1 rings (SSSR count). The largest absolute Gasteiger partial charge is 0.506 e. The highest BCUT2D eigenvalue weighted by molar-refractivity contribution is 7.99. The maximum atomic E-state index is 10.7. The third kappa shape index (κ3) is 2.98. The van der Waals surface area contributed by atoms with Crippen LogP contribution < -0.4 is 5.73 Å². The highest BCUT2D eigenvalue weighted by Crippen LogP contribution is 2.36. The van der Waals surface area contributed by atoms with Gasteiger partial charge in [0.25, 0.3) is 5.69 Å². The number of nitrogens with zero attached hydrogens (tertiary/aromatic N) is 1. The minimum Gasteiger partial charge on any atom is -0.506 e. The lowest BCUT2D eigenvalue weighted by Gasteiger charge is -2.03. The van der Waals surface area contributed by atoms with Crippen LogP contribution in [0.15, 0.2) is 17.0 Å². The van der Waals surface area contributed by atoms with E-state index in [9.17, 15) is 15.2 Å². The van der Waals surface area contributed by atoms with Gasteiger partial charge < -0.3 is 10.8 Å². The molecule has 0 amide bonds. The molecule has 0 unspecified atom stereocenters. The van der Waals surface area contributed by atoms with Crippen LogP contribution in [0.2, 0.25) is 5.02 Å². The number of nitrogens with two attached hydrogens (primary N) is 1. The molecule has 0 spiro atoms. The van der Waals surface area contributed by atoms with E-state index in [-0.39, 0.29) is 16.5 Å². The molecule has 0 aliphatic heterocycles. The molecule has 0 atom stereocenters. The highest BCUT2D eigenvalue weighted by atomic mass is 35.5. The summed E-state index contributed by atoms with van der Waals surface area (Å²) < 4.78 is 0. The Morgan fingerprint density at radius 1 is 1.60 bits per heavy atom. The molecule has 0 saturated heterocycles. The van der Waals surface area contributed by atoms with Crippen LogP contribution in [0.3, 0.4) is 0 Å². The molecule has 0 bridgehead atoms. The van der Waals surface area contributed by atoms with E-state index in [0.717, 1.165) is 6.07 Å². The van der Waals surface area contributed by atoms with Gasteiger partial charge in [0.05, 0.1) is 20.9 Å². The van der Waals surface area contributed by atoms with E-state index in [1.54, 1.807) is 0 Å². The smallest absolute Gasteiger partial charge is 0.286 e. The summed E-state index contributed by atoms with van der Waals surface area (Å²) in [5, 5.41) is 20.0. The van der Waals surface area contributed by atoms with E-state index in [4.69, 9.17) is 17.3 Å². The minimum atomic E-state index is -0.561. The van der Waals surface area contributed by atoms with Gasteiger partial charge in [-0.05, 0) is 6.07 Å². The van der Waals surface area contributed by atoms with Crippen molar-refractivity contribution in [2.75, 3.05) is 12.3 Å². The third-order valence-electron chi connectivity index (χ3n) is 1.60. The molecular weight excluding hydrogens is 240 g/mol. The zero-order valence-electron chi connectivity index (χ0n) is 7.64. The number of phenols is 1. The molecule has 7 heteroatoms. The lowest BCUT2D eigenvalue weighted by Crippen LogP contribution is -2.01. The molecule has 0 aromatic heterocycles. The van der Waals surface area contributed by atoms with Gasteiger partial charge in [-0.25, -0.2) is 0 Å². The van der Waals surface area contributed by atoms with Crippen LogP contribution in [0.5, 0.6) is 5.75 Å². The second-order valence-corrected chi connectivity index (χ2v) is 4.21. The van der Waals surface area contributed by atoms with E-state index in [1.807, 2.05) is 0 Å². The molecule has 0 saturated carbocycles. The molecule has 0 aliphatic rings. The van der Waals surface area contributed by atoms with Crippen molar-refractivity contribution in [3.8, 4) is 5.75 Å². The Labute approximate surface area is 95.4 Å². The summed E-state index contributed by atoms with van der Waals surface area (Å²) in [7, 11) is 0. The van der Waals surface area contributed by atoms with Crippen molar-refractivity contribution in [2.45, 2.75) is 4.90 Å². The maximum absolute atomic E-state index is 10.7. The zero-order valence-corrected chi connectivity index (χ0v) is 9.22. The number of phenolic OH excluding ortho intramolecular Hbond substituents is 1. The fraction of sp³-hybridized carbons (Fsp3) is 0.250. The van der Waals surface area contributed by atoms with Crippen molar-refractivity contribution in [1.82, 2.24) is 0 Å². The van der Waals surface area contributed by atoms with Crippen molar-refractivity contribution in [1.29, 1.82) is 0 Å². The Morgan fingerprint density at radius 2 is 2.27 bits per heavy atom. The van der Waals surface area contributed by atoms with Gasteiger partial charge >= 0.3 is 0 Å². The first-order chi connectivity index (χ1) is 7.06. The summed E-state index contributed by atoms with van der Waals surface area (Å²) in [6.45, 7) is 0.417. The van der Waals surface area contributed by atoms with Gasteiger partial charge in [0, 0.05) is 12.3 Å². The molecule has 5 nitrogen and oxygen atoms in total. The number of nitro benzene ring substituents is 1. The number of hydrogen-bond donors (Lipinski definition) is 2. The fourth-order valence-corrected chi connectivity index (χ4v) is 2.01. The second kappa shape index (κ2) is 5.20. The van der Waals surface area contributed by atoms with Crippen LogP contribution in [0, 0.1) is 10.1 Å². The summed E-state index contributed by atoms with van der Waals surface area (Å²) in [4.78, 5) is 10.5. The van der Waals surface area contributed by atoms with E-state index >= 15 is 0 Å². The average Bonchev–Trinajstić information content (AvgIpc) is 2.19. The molecule has 0 fully saturated rings. The number of nitro groups is 1. The average molecular weight is 249 g/mol. The van der Waals surface area contributed by atoms with Crippen LogP contribution >= 0.6 is 23.4 Å². The molecular formula is C8H9ClN2O3S. The number of aromatic hydroxyl groups is 1. The van der Waals surface area contributed by atoms with Gasteiger partial charge in [-0.3, -0.25) is 10.1 Å². The van der Waals surface area contributed by atoms with Gasteiger partial charge in [-0.15, -0.1) is 11.8 Å². The van der Waals surface area contributed by atoms with Crippen molar-refractivity contribution < 1.29 is 10.0 Å². The van der Waals surface area contributed by atoms with Crippen LogP contribution in [0.1, 0.15) is 0 Å². The van der Waals surface area contributed by atoms with Gasteiger partial charge in [-0.1, -0.05) is 11.6 Å². The molecule has 0 aliphatic carbocycles. The van der Waals surface area contributed by atoms with Crippen LogP contribution in [-0.4, -0.2) is 22.3 Å². The zero-order chi connectivity index (χ0) is 11.4. The lowest BCUT2D eigenvalue weighted by molar-refractivity contribution is -0.387. The van der Waals surface area contributed by atoms with Crippen molar-refractivity contribution in [3.63, 3.8) is 0 Å². The Balaban J connectivity index is 3.10. The Hall–Kier alpha value is -0.980. The fourth-order valence-electron chi connectivity index (χ4n) is 0.960. The van der Waals surface area contributed by atoms with Crippen molar-refractivity contribution in [3.05, 3.63) is 27.3 Å². The highest BCUT2D eigenvalue weighted by Gasteiger charge is 2.17. The predicted octanol–water partition coefficient (Wildman–Crippen LogP) is 2.00. The summed E-state index contributed by atoms with van der Waals surface area (Å²) in [5.74, 6) is 0.266. The van der Waals surface area contributed by atoms with Crippen LogP contribution in [0.25, 0.3) is 0 Å². The topological polar surface area (TPSA) is 89.4 Å². The molecule has 15 heavy (non-hydrogen) atoms. The Kier molecular flexibility index (Phi) is 4.19. The lowest BCUT2D eigenvalue weighted by atomic mass is 10.3. The number of benzene rings is 1. The molecule has 1 aromatic rings. The standard InChI is InChI=1S/C8H9ClN2O3S/c9-5-3-8(15-2-1-10)6(11(13)14)4-7(5)12/h3-4,12H,1-2,10H2. The van der Waals surface area contributed by atoms with Crippen LogP contribution in [-0.2, 0) is 0 Å². The van der Waals surface area contributed by atoms with E-state index in [0.29, 0.717) is 17.2 Å². The SMILES string of the molecule is NCCSc1cc(Cl)c(O)cc1[N+](=O)[O-]. The number of thioether (sulfide) groups is 1. The monoisotopic (exact) mass is 248 g/mol. The Bertz CT molecular complexity index is 386. The molecule has 82 valence electrons. The van der Waals surface area contributed by atoms with E-state index < -0.39 is 4.92 Å². The van der Waals surface area contributed by atoms with Crippen molar-refractivity contribution >= 4 is 29.1 Å². The third-order valence-corrected chi connectivity index (χ3v) is 2.98. The first-order valence-corrected chi connectivity index (χ1v) is 5.42. The normalized spacial score (nSPS) is 10.3. The first kappa shape index (κ1) is 12.1. The van der Waals surface area contributed by atoms with Crippen LogP contribution in [0.4, 0.5) is 5.69 Å². The van der Waals surface area contributed by atoms with Gasteiger partial charge in [0.2, 0.25) is 0 Å². The second-order valence-electron chi connectivity index (χ2n) is 2.67. The molecule has 0 heterocycles. The number of halogens is 1.